The minimum atomic E-state index is -3.70. The van der Waals surface area contributed by atoms with Gasteiger partial charge in [-0.1, -0.05) is 0 Å². The third-order valence-electron chi connectivity index (χ3n) is 2.59. The molecular weight excluding hydrogens is 256 g/mol. The first-order valence-electron chi connectivity index (χ1n) is 5.23. The van der Waals surface area contributed by atoms with Crippen LogP contribution in [-0.4, -0.2) is 18.2 Å². The lowest BCUT2D eigenvalue weighted by atomic mass is 10.5. The monoisotopic (exact) mass is 270 g/mol. The molecule has 0 saturated carbocycles. The molecule has 0 amide bonds. The second-order valence-corrected chi connectivity index (χ2v) is 5.53. The van der Waals surface area contributed by atoms with E-state index in [1.54, 1.807) is 26.1 Å². The van der Waals surface area contributed by atoms with Crippen molar-refractivity contribution in [2.75, 3.05) is 5.73 Å². The Morgan fingerprint density at radius 3 is 2.78 bits per heavy atom. The smallest absolute Gasteiger partial charge is 0.246 e. The second-order valence-electron chi connectivity index (χ2n) is 3.83. The third-order valence-corrected chi connectivity index (χ3v) is 4.16. The zero-order chi connectivity index (χ0) is 13.3. The van der Waals surface area contributed by atoms with Gasteiger partial charge in [0, 0.05) is 7.05 Å². The van der Waals surface area contributed by atoms with Crippen molar-refractivity contribution in [3.8, 4) is 0 Å². The van der Waals surface area contributed by atoms with Gasteiger partial charge in [-0.3, -0.25) is 4.68 Å². The summed E-state index contributed by atoms with van der Waals surface area (Å²) in [6, 6.07) is 3.37. The first-order chi connectivity index (χ1) is 8.42. The topological polar surface area (TPSA) is 103 Å². The zero-order valence-corrected chi connectivity index (χ0v) is 10.9. The van der Waals surface area contributed by atoms with Crippen LogP contribution in [0.1, 0.15) is 11.5 Å². The summed E-state index contributed by atoms with van der Waals surface area (Å²) >= 11 is 0. The molecule has 18 heavy (non-hydrogen) atoms. The molecule has 0 atom stereocenters. The van der Waals surface area contributed by atoms with E-state index in [-0.39, 0.29) is 17.3 Å². The highest BCUT2D eigenvalue weighted by molar-refractivity contribution is 7.89. The number of hydrogen-bond acceptors (Lipinski definition) is 5. The molecule has 2 heterocycles. The van der Waals surface area contributed by atoms with Crippen LogP contribution in [0.15, 0.2) is 27.7 Å². The van der Waals surface area contributed by atoms with Gasteiger partial charge < -0.3 is 10.2 Å². The molecule has 8 heteroatoms. The summed E-state index contributed by atoms with van der Waals surface area (Å²) in [5, 5.41) is 3.87. The van der Waals surface area contributed by atoms with Crippen molar-refractivity contribution in [2.45, 2.75) is 18.4 Å². The molecule has 0 fully saturated rings. The van der Waals surface area contributed by atoms with E-state index in [2.05, 4.69) is 9.82 Å². The van der Waals surface area contributed by atoms with Crippen LogP contribution >= 0.6 is 0 Å². The maximum atomic E-state index is 12.1. The van der Waals surface area contributed by atoms with Crippen molar-refractivity contribution in [3.63, 3.8) is 0 Å². The number of rotatable bonds is 4. The molecule has 0 aliphatic heterocycles. The molecular formula is C10H14N4O3S. The second kappa shape index (κ2) is 4.46. The molecule has 2 aromatic rings. The number of furan rings is 1. The van der Waals surface area contributed by atoms with Crippen LogP contribution in [-0.2, 0) is 23.6 Å². The Hall–Kier alpha value is -1.80. The summed E-state index contributed by atoms with van der Waals surface area (Å²) in [7, 11) is -2.06. The maximum absolute atomic E-state index is 12.1. The lowest BCUT2D eigenvalue weighted by Gasteiger charge is -2.05. The fourth-order valence-electron chi connectivity index (χ4n) is 1.60. The number of hydrogen-bond donors (Lipinski definition) is 2. The van der Waals surface area contributed by atoms with Crippen LogP contribution in [0.2, 0.25) is 0 Å². The van der Waals surface area contributed by atoms with Gasteiger partial charge in [-0.15, -0.1) is 0 Å². The fourth-order valence-corrected chi connectivity index (χ4v) is 2.91. The van der Waals surface area contributed by atoms with Gasteiger partial charge in [0.15, 0.2) is 5.82 Å². The standard InChI is InChI=1S/C10H14N4O3S/c1-7-9(10(11)13-14(7)2)18(15,16)12-6-8-4-3-5-17-8/h3-5,12H,6H2,1-2H3,(H2,11,13). The van der Waals surface area contributed by atoms with Gasteiger partial charge in [-0.2, -0.15) is 5.10 Å². The SMILES string of the molecule is Cc1c(S(=O)(=O)NCc2ccco2)c(N)nn1C. The van der Waals surface area contributed by atoms with E-state index in [0.29, 0.717) is 11.5 Å². The molecule has 2 aromatic heterocycles. The van der Waals surface area contributed by atoms with Crippen molar-refractivity contribution in [2.24, 2.45) is 7.05 Å². The van der Waals surface area contributed by atoms with Gasteiger partial charge in [-0.25, -0.2) is 13.1 Å². The van der Waals surface area contributed by atoms with Crippen LogP contribution in [0.3, 0.4) is 0 Å². The van der Waals surface area contributed by atoms with Crippen molar-refractivity contribution in [1.82, 2.24) is 14.5 Å². The molecule has 0 bridgehead atoms. The van der Waals surface area contributed by atoms with Crippen molar-refractivity contribution in [3.05, 3.63) is 29.9 Å². The van der Waals surface area contributed by atoms with Gasteiger partial charge in [0.25, 0.3) is 0 Å². The molecule has 0 aliphatic rings. The minimum absolute atomic E-state index is 0.0107. The number of sulfonamides is 1. The molecule has 0 saturated heterocycles. The Morgan fingerprint density at radius 2 is 2.28 bits per heavy atom. The van der Waals surface area contributed by atoms with E-state index in [1.807, 2.05) is 0 Å². The van der Waals surface area contributed by atoms with Crippen LogP contribution in [0.5, 0.6) is 0 Å². The van der Waals surface area contributed by atoms with E-state index < -0.39 is 10.0 Å². The molecule has 0 aromatic carbocycles. The van der Waals surface area contributed by atoms with E-state index in [4.69, 9.17) is 10.2 Å². The summed E-state index contributed by atoms with van der Waals surface area (Å²) < 4.78 is 33.1. The Bertz CT molecular complexity index is 643. The lowest BCUT2D eigenvalue weighted by Crippen LogP contribution is -2.24. The summed E-state index contributed by atoms with van der Waals surface area (Å²) in [5.41, 5.74) is 6.09. The van der Waals surface area contributed by atoms with Crippen LogP contribution in [0.25, 0.3) is 0 Å². The highest BCUT2D eigenvalue weighted by Crippen LogP contribution is 2.21. The molecule has 3 N–H and O–H groups in total. The van der Waals surface area contributed by atoms with Gasteiger partial charge in [0.2, 0.25) is 10.0 Å². The lowest BCUT2D eigenvalue weighted by molar-refractivity contribution is 0.498. The number of nitrogens with one attached hydrogen (secondary N) is 1. The Kier molecular flexibility index (Phi) is 3.14. The number of nitrogens with two attached hydrogens (primary N) is 1. The molecule has 7 nitrogen and oxygen atoms in total. The van der Waals surface area contributed by atoms with Crippen LogP contribution in [0, 0.1) is 6.92 Å². The Morgan fingerprint density at radius 1 is 1.56 bits per heavy atom. The first kappa shape index (κ1) is 12.7. The Balaban J connectivity index is 2.26. The molecule has 0 spiro atoms. The van der Waals surface area contributed by atoms with Gasteiger partial charge in [0.05, 0.1) is 18.5 Å². The van der Waals surface area contributed by atoms with Gasteiger partial charge in [-0.05, 0) is 19.1 Å². The quantitative estimate of drug-likeness (QED) is 0.836. The normalized spacial score (nSPS) is 11.9. The van der Waals surface area contributed by atoms with Crippen molar-refractivity contribution >= 4 is 15.8 Å². The first-order valence-corrected chi connectivity index (χ1v) is 6.71. The number of anilines is 1. The predicted molar refractivity (Wildman–Crippen MR) is 65.1 cm³/mol. The molecule has 98 valence electrons. The van der Waals surface area contributed by atoms with E-state index >= 15 is 0 Å². The molecule has 0 aliphatic carbocycles. The summed E-state index contributed by atoms with van der Waals surface area (Å²) in [5.74, 6) is 0.514. The molecule has 0 radical (unpaired) electrons. The highest BCUT2D eigenvalue weighted by Gasteiger charge is 2.24. The number of aryl methyl sites for hydroxylation is 1. The van der Waals surface area contributed by atoms with Gasteiger partial charge in [0.1, 0.15) is 10.7 Å². The van der Waals surface area contributed by atoms with Crippen LogP contribution < -0.4 is 10.5 Å². The zero-order valence-electron chi connectivity index (χ0n) is 10.0. The summed E-state index contributed by atoms with van der Waals surface area (Å²) in [4.78, 5) is 0.0107. The number of nitrogen functional groups attached to an aromatic ring is 1. The fraction of sp³-hybridized carbons (Fsp3) is 0.300. The summed E-state index contributed by atoms with van der Waals surface area (Å²) in [6.07, 6.45) is 1.48. The minimum Gasteiger partial charge on any atom is -0.468 e. The largest absolute Gasteiger partial charge is 0.468 e. The number of nitrogens with zero attached hydrogens (tertiary/aromatic N) is 2. The highest BCUT2D eigenvalue weighted by atomic mass is 32.2. The average Bonchev–Trinajstić information content (AvgIpc) is 2.86. The van der Waals surface area contributed by atoms with E-state index in [0.717, 1.165) is 0 Å². The van der Waals surface area contributed by atoms with E-state index in [1.165, 1.54) is 10.9 Å². The van der Waals surface area contributed by atoms with Crippen molar-refractivity contribution < 1.29 is 12.8 Å². The van der Waals surface area contributed by atoms with Crippen LogP contribution in [0.4, 0.5) is 5.82 Å². The maximum Gasteiger partial charge on any atom is 0.246 e. The third kappa shape index (κ3) is 2.24. The van der Waals surface area contributed by atoms with E-state index in [9.17, 15) is 8.42 Å². The van der Waals surface area contributed by atoms with Gasteiger partial charge >= 0.3 is 0 Å². The molecule has 0 unspecified atom stereocenters. The Labute approximate surface area is 105 Å². The van der Waals surface area contributed by atoms with Crippen molar-refractivity contribution in [1.29, 1.82) is 0 Å². The average molecular weight is 270 g/mol. The predicted octanol–water partition coefficient (Wildman–Crippen LogP) is 0.382. The molecule has 2 rings (SSSR count). The summed E-state index contributed by atoms with van der Waals surface area (Å²) in [6.45, 7) is 1.72. The number of aromatic nitrogens is 2.